The van der Waals surface area contributed by atoms with Gasteiger partial charge in [-0.1, -0.05) is 23.9 Å². The maximum Gasteiger partial charge on any atom is 0.224 e. The van der Waals surface area contributed by atoms with Crippen molar-refractivity contribution in [2.75, 3.05) is 11.1 Å². The number of hydrogen-bond donors (Lipinski definition) is 1. The molecule has 1 aromatic carbocycles. The van der Waals surface area contributed by atoms with Gasteiger partial charge in [-0.25, -0.2) is 0 Å². The summed E-state index contributed by atoms with van der Waals surface area (Å²) in [4.78, 5) is 11.8. The van der Waals surface area contributed by atoms with Crippen molar-refractivity contribution in [2.24, 2.45) is 7.05 Å². The third-order valence-electron chi connectivity index (χ3n) is 2.77. The number of nitrogens with one attached hydrogen (secondary N) is 1. The molecule has 1 heterocycles. The van der Waals surface area contributed by atoms with Gasteiger partial charge in [-0.15, -0.1) is 10.2 Å². The number of benzene rings is 1. The van der Waals surface area contributed by atoms with Crippen molar-refractivity contribution in [1.29, 1.82) is 5.26 Å². The second-order valence-electron chi connectivity index (χ2n) is 4.38. The van der Waals surface area contributed by atoms with E-state index in [1.807, 2.05) is 11.6 Å². The second-order valence-corrected chi connectivity index (χ2v) is 5.44. The quantitative estimate of drug-likeness (QED) is 0.653. The van der Waals surface area contributed by atoms with Crippen LogP contribution in [0.3, 0.4) is 0 Å². The Morgan fingerprint density at radius 2 is 2.29 bits per heavy atom. The van der Waals surface area contributed by atoms with Gasteiger partial charge in [-0.2, -0.15) is 5.26 Å². The number of amides is 1. The molecule has 2 aromatic rings. The maximum atomic E-state index is 11.8. The Bertz CT molecular complexity index is 661. The topological polar surface area (TPSA) is 83.6 Å². The molecule has 6 nitrogen and oxygen atoms in total. The van der Waals surface area contributed by atoms with E-state index in [1.165, 1.54) is 0 Å². The van der Waals surface area contributed by atoms with Gasteiger partial charge in [0.05, 0.1) is 11.3 Å². The lowest BCUT2D eigenvalue weighted by Crippen LogP contribution is -2.12. The fraction of sp³-hybridized carbons (Fsp3) is 0.286. The number of rotatable bonds is 6. The summed E-state index contributed by atoms with van der Waals surface area (Å²) < 4.78 is 1.84. The monoisotopic (exact) mass is 301 g/mol. The number of anilines is 1. The van der Waals surface area contributed by atoms with Gasteiger partial charge in [0.25, 0.3) is 0 Å². The summed E-state index contributed by atoms with van der Waals surface area (Å²) in [5, 5.41) is 20.3. The van der Waals surface area contributed by atoms with Gasteiger partial charge in [0, 0.05) is 19.2 Å². The van der Waals surface area contributed by atoms with E-state index in [-0.39, 0.29) is 5.91 Å². The summed E-state index contributed by atoms with van der Waals surface area (Å²) in [6.07, 6.45) is 2.79. The van der Waals surface area contributed by atoms with E-state index in [0.717, 1.165) is 17.3 Å². The van der Waals surface area contributed by atoms with Crippen LogP contribution in [-0.2, 0) is 11.8 Å². The molecule has 0 saturated carbocycles. The first-order valence-corrected chi connectivity index (χ1v) is 7.45. The van der Waals surface area contributed by atoms with Crippen LogP contribution in [0, 0.1) is 11.3 Å². The summed E-state index contributed by atoms with van der Waals surface area (Å²) in [5.74, 6) is 0.705. The molecule has 0 spiro atoms. The van der Waals surface area contributed by atoms with E-state index in [4.69, 9.17) is 5.26 Å². The van der Waals surface area contributed by atoms with Crippen LogP contribution in [-0.4, -0.2) is 26.4 Å². The molecule has 0 aliphatic carbocycles. The first-order chi connectivity index (χ1) is 10.2. The van der Waals surface area contributed by atoms with Gasteiger partial charge in [-0.05, 0) is 18.6 Å². The van der Waals surface area contributed by atoms with Crippen LogP contribution >= 0.6 is 11.8 Å². The van der Waals surface area contributed by atoms with Crippen LogP contribution in [0.15, 0.2) is 35.7 Å². The van der Waals surface area contributed by atoms with Crippen molar-refractivity contribution in [2.45, 2.75) is 18.0 Å². The SMILES string of the molecule is Cn1cnnc1SCCCC(=O)Nc1ccccc1C#N. The highest BCUT2D eigenvalue weighted by Crippen LogP contribution is 2.17. The fourth-order valence-corrected chi connectivity index (χ4v) is 2.53. The Morgan fingerprint density at radius 3 is 3.00 bits per heavy atom. The molecule has 0 aliphatic rings. The molecule has 0 radical (unpaired) electrons. The van der Waals surface area contributed by atoms with Crippen LogP contribution in [0.4, 0.5) is 5.69 Å². The highest BCUT2D eigenvalue weighted by atomic mass is 32.2. The molecule has 1 aromatic heterocycles. The van der Waals surface area contributed by atoms with Crippen molar-refractivity contribution in [3.8, 4) is 6.07 Å². The minimum Gasteiger partial charge on any atom is -0.325 e. The van der Waals surface area contributed by atoms with Crippen molar-refractivity contribution in [3.05, 3.63) is 36.2 Å². The number of carbonyl (C=O) groups is 1. The zero-order valence-electron chi connectivity index (χ0n) is 11.6. The number of carbonyl (C=O) groups excluding carboxylic acids is 1. The molecule has 1 N–H and O–H groups in total. The molecule has 21 heavy (non-hydrogen) atoms. The van der Waals surface area contributed by atoms with Gasteiger partial charge in [-0.3, -0.25) is 4.79 Å². The molecule has 1 amide bonds. The van der Waals surface area contributed by atoms with Gasteiger partial charge < -0.3 is 9.88 Å². The third-order valence-corrected chi connectivity index (χ3v) is 3.89. The average molecular weight is 301 g/mol. The zero-order valence-corrected chi connectivity index (χ0v) is 12.4. The highest BCUT2D eigenvalue weighted by Gasteiger charge is 2.07. The van der Waals surface area contributed by atoms with Crippen molar-refractivity contribution in [1.82, 2.24) is 14.8 Å². The van der Waals surface area contributed by atoms with Crippen LogP contribution < -0.4 is 5.32 Å². The zero-order chi connectivity index (χ0) is 15.1. The summed E-state index contributed by atoms with van der Waals surface area (Å²) in [5.41, 5.74) is 1.03. The summed E-state index contributed by atoms with van der Waals surface area (Å²) in [6.45, 7) is 0. The number of nitrogens with zero attached hydrogens (tertiary/aromatic N) is 4. The van der Waals surface area contributed by atoms with E-state index in [9.17, 15) is 4.79 Å². The molecule has 108 valence electrons. The lowest BCUT2D eigenvalue weighted by Gasteiger charge is -2.06. The van der Waals surface area contributed by atoms with Crippen molar-refractivity contribution >= 4 is 23.4 Å². The largest absolute Gasteiger partial charge is 0.325 e. The number of thioether (sulfide) groups is 1. The van der Waals surface area contributed by atoms with E-state index >= 15 is 0 Å². The maximum absolute atomic E-state index is 11.8. The number of aryl methyl sites for hydroxylation is 1. The lowest BCUT2D eigenvalue weighted by atomic mass is 10.2. The van der Waals surface area contributed by atoms with E-state index in [1.54, 1.807) is 42.4 Å². The molecule has 0 fully saturated rings. The smallest absolute Gasteiger partial charge is 0.224 e. The molecule has 7 heteroatoms. The molecule has 0 unspecified atom stereocenters. The Balaban J connectivity index is 1.75. The number of aromatic nitrogens is 3. The van der Waals surface area contributed by atoms with Crippen LogP contribution in [0.5, 0.6) is 0 Å². The number of nitriles is 1. The molecule has 2 rings (SSSR count). The molecule has 0 saturated heterocycles. The van der Waals surface area contributed by atoms with E-state index < -0.39 is 0 Å². The Labute approximate surface area is 127 Å². The van der Waals surface area contributed by atoms with Crippen LogP contribution in [0.2, 0.25) is 0 Å². The van der Waals surface area contributed by atoms with Crippen LogP contribution in [0.25, 0.3) is 0 Å². The average Bonchev–Trinajstić information content (AvgIpc) is 2.89. The Hall–Kier alpha value is -2.33. The van der Waals surface area contributed by atoms with E-state index in [2.05, 4.69) is 21.6 Å². The molecule has 0 bridgehead atoms. The summed E-state index contributed by atoms with van der Waals surface area (Å²) >= 11 is 1.57. The van der Waals surface area contributed by atoms with Gasteiger partial charge >= 0.3 is 0 Å². The van der Waals surface area contributed by atoms with Gasteiger partial charge in [0.1, 0.15) is 12.4 Å². The molecular weight excluding hydrogens is 286 g/mol. The Kier molecular flexibility index (Phi) is 5.35. The minimum absolute atomic E-state index is 0.0868. The summed E-state index contributed by atoms with van der Waals surface area (Å²) in [6, 6.07) is 9.02. The normalized spacial score (nSPS) is 10.1. The first-order valence-electron chi connectivity index (χ1n) is 6.46. The van der Waals surface area contributed by atoms with E-state index in [0.29, 0.717) is 17.7 Å². The number of hydrogen-bond acceptors (Lipinski definition) is 5. The van der Waals surface area contributed by atoms with Crippen molar-refractivity contribution in [3.63, 3.8) is 0 Å². The predicted octanol–water partition coefficient (Wildman–Crippen LogP) is 2.20. The van der Waals surface area contributed by atoms with Gasteiger partial charge in [0.2, 0.25) is 5.91 Å². The Morgan fingerprint density at radius 1 is 1.48 bits per heavy atom. The lowest BCUT2D eigenvalue weighted by molar-refractivity contribution is -0.116. The predicted molar refractivity (Wildman–Crippen MR) is 80.7 cm³/mol. The first kappa shape index (κ1) is 15.1. The number of para-hydroxylation sites is 1. The highest BCUT2D eigenvalue weighted by molar-refractivity contribution is 7.99. The minimum atomic E-state index is -0.0868. The third kappa shape index (κ3) is 4.33. The second kappa shape index (κ2) is 7.45. The van der Waals surface area contributed by atoms with Crippen molar-refractivity contribution < 1.29 is 4.79 Å². The van der Waals surface area contributed by atoms with Gasteiger partial charge in [0.15, 0.2) is 5.16 Å². The molecule has 0 atom stereocenters. The summed E-state index contributed by atoms with van der Waals surface area (Å²) in [7, 11) is 1.88. The molecule has 0 aliphatic heterocycles. The molecular formula is C14H15N5OS. The fourth-order valence-electron chi connectivity index (χ4n) is 1.70. The van der Waals surface area contributed by atoms with Crippen LogP contribution in [0.1, 0.15) is 18.4 Å². The standard InChI is InChI=1S/C14H15N5OS/c1-19-10-16-18-14(19)21-8-4-7-13(20)17-12-6-3-2-5-11(12)9-15/h2-3,5-6,10H,4,7-8H2,1H3,(H,17,20).